The van der Waals surface area contributed by atoms with E-state index in [0.717, 1.165) is 28.4 Å². The van der Waals surface area contributed by atoms with Crippen LogP contribution in [0.4, 0.5) is 0 Å². The van der Waals surface area contributed by atoms with Crippen LogP contribution in [-0.4, -0.2) is 29.8 Å². The molecule has 2 aromatic rings. The summed E-state index contributed by atoms with van der Waals surface area (Å²) in [6.45, 7) is 2.14. The first-order chi connectivity index (χ1) is 11.7. The van der Waals surface area contributed by atoms with Crippen molar-refractivity contribution in [3.63, 3.8) is 0 Å². The van der Waals surface area contributed by atoms with Gasteiger partial charge in [-0.25, -0.2) is 0 Å². The van der Waals surface area contributed by atoms with Gasteiger partial charge in [0.15, 0.2) is 0 Å². The number of methoxy groups -OCH3 is 1. The molecule has 0 aliphatic carbocycles. The highest BCUT2D eigenvalue weighted by Gasteiger charge is 2.49. The molecule has 0 saturated carbocycles. The summed E-state index contributed by atoms with van der Waals surface area (Å²) in [5.41, 5.74) is 0.869. The fourth-order valence-corrected chi connectivity index (χ4v) is 3.98. The van der Waals surface area contributed by atoms with Gasteiger partial charge in [0.25, 0.3) is 0 Å². The molecule has 3 nitrogen and oxygen atoms in total. The Morgan fingerprint density at radius 1 is 1.17 bits per heavy atom. The summed E-state index contributed by atoms with van der Waals surface area (Å²) in [7, 11) is 1.65. The van der Waals surface area contributed by atoms with Crippen molar-refractivity contribution < 1.29 is 14.6 Å². The highest BCUT2D eigenvalue weighted by molar-refractivity contribution is 7.99. The first-order valence-electron chi connectivity index (χ1n) is 8.32. The zero-order valence-corrected chi connectivity index (χ0v) is 15.0. The lowest BCUT2D eigenvalue weighted by molar-refractivity contribution is -0.0514. The van der Waals surface area contributed by atoms with Crippen molar-refractivity contribution in [1.29, 1.82) is 0 Å². The highest BCUT2D eigenvalue weighted by Crippen LogP contribution is 2.48. The standard InChI is InChI=1S/C20H24O3S/c1-3-24-14-18-13-20(21,16-9-11-17(22-2)12-10-16)19(23-18)15-7-5-4-6-8-15/h4-12,18-19,21H,3,13-14H2,1-2H3/t18-,19+,20-/m1/s1. The molecule has 3 atom stereocenters. The van der Waals surface area contributed by atoms with Crippen LogP contribution in [0.3, 0.4) is 0 Å². The molecule has 1 heterocycles. The van der Waals surface area contributed by atoms with Gasteiger partial charge in [-0.3, -0.25) is 0 Å². The van der Waals surface area contributed by atoms with E-state index in [0.29, 0.717) is 6.42 Å². The molecule has 1 N–H and O–H groups in total. The molecule has 0 radical (unpaired) electrons. The second kappa shape index (κ2) is 7.60. The van der Waals surface area contributed by atoms with Crippen LogP contribution in [0.1, 0.15) is 30.6 Å². The lowest BCUT2D eigenvalue weighted by Crippen LogP contribution is -2.29. The number of ether oxygens (including phenoxy) is 2. The third-order valence-corrected chi connectivity index (χ3v) is 5.52. The topological polar surface area (TPSA) is 38.7 Å². The molecule has 128 valence electrons. The van der Waals surface area contributed by atoms with Crippen LogP contribution in [0.15, 0.2) is 54.6 Å². The number of benzene rings is 2. The van der Waals surface area contributed by atoms with E-state index in [2.05, 4.69) is 6.92 Å². The van der Waals surface area contributed by atoms with Gasteiger partial charge in [0.2, 0.25) is 0 Å². The average Bonchev–Trinajstić information content (AvgIpc) is 2.98. The van der Waals surface area contributed by atoms with Crippen molar-refractivity contribution in [3.05, 3.63) is 65.7 Å². The van der Waals surface area contributed by atoms with Gasteiger partial charge in [-0.1, -0.05) is 49.4 Å². The van der Waals surface area contributed by atoms with E-state index >= 15 is 0 Å². The summed E-state index contributed by atoms with van der Waals surface area (Å²) in [5.74, 6) is 2.74. The molecule has 0 bridgehead atoms. The van der Waals surface area contributed by atoms with Crippen LogP contribution in [0.25, 0.3) is 0 Å². The SMILES string of the molecule is CCSC[C@H]1C[C@@](O)(c2ccc(OC)cc2)[C@H](c2ccccc2)O1. The molecule has 0 aromatic heterocycles. The van der Waals surface area contributed by atoms with Gasteiger partial charge in [0.1, 0.15) is 17.5 Å². The van der Waals surface area contributed by atoms with Crippen LogP contribution in [0.5, 0.6) is 5.75 Å². The Kier molecular flexibility index (Phi) is 5.49. The first kappa shape index (κ1) is 17.3. The molecular formula is C20H24O3S. The predicted octanol–water partition coefficient (Wildman–Crippen LogP) is 4.17. The van der Waals surface area contributed by atoms with Crippen LogP contribution in [0, 0.1) is 0 Å². The van der Waals surface area contributed by atoms with Crippen molar-refractivity contribution in [3.8, 4) is 5.75 Å². The monoisotopic (exact) mass is 344 g/mol. The third kappa shape index (κ3) is 3.46. The van der Waals surface area contributed by atoms with E-state index in [9.17, 15) is 5.11 Å². The van der Waals surface area contributed by atoms with E-state index in [4.69, 9.17) is 9.47 Å². The van der Waals surface area contributed by atoms with E-state index in [-0.39, 0.29) is 12.2 Å². The summed E-state index contributed by atoms with van der Waals surface area (Å²) in [6, 6.07) is 17.7. The average molecular weight is 344 g/mol. The van der Waals surface area contributed by atoms with Crippen molar-refractivity contribution in [2.24, 2.45) is 0 Å². The van der Waals surface area contributed by atoms with Gasteiger partial charge in [-0.05, 0) is 29.0 Å². The summed E-state index contributed by atoms with van der Waals surface area (Å²) >= 11 is 1.85. The zero-order chi connectivity index (χ0) is 17.0. The molecule has 3 rings (SSSR count). The van der Waals surface area contributed by atoms with Gasteiger partial charge >= 0.3 is 0 Å². The van der Waals surface area contributed by atoms with Gasteiger partial charge in [-0.15, -0.1) is 0 Å². The molecule has 1 aliphatic heterocycles. The number of hydrogen-bond donors (Lipinski definition) is 1. The summed E-state index contributed by atoms with van der Waals surface area (Å²) in [4.78, 5) is 0. The van der Waals surface area contributed by atoms with Crippen LogP contribution >= 0.6 is 11.8 Å². The molecule has 1 fully saturated rings. The Bertz CT molecular complexity index is 644. The summed E-state index contributed by atoms with van der Waals surface area (Å²) in [5, 5.41) is 11.5. The quantitative estimate of drug-likeness (QED) is 0.854. The smallest absolute Gasteiger partial charge is 0.122 e. The van der Waals surface area contributed by atoms with Crippen LogP contribution < -0.4 is 4.74 Å². The molecule has 4 heteroatoms. The van der Waals surface area contributed by atoms with E-state index < -0.39 is 5.60 Å². The first-order valence-corrected chi connectivity index (χ1v) is 9.48. The van der Waals surface area contributed by atoms with Crippen LogP contribution in [-0.2, 0) is 10.3 Å². The maximum Gasteiger partial charge on any atom is 0.122 e. The lowest BCUT2D eigenvalue weighted by atomic mass is 9.83. The van der Waals surface area contributed by atoms with Gasteiger partial charge < -0.3 is 14.6 Å². The molecular weight excluding hydrogens is 320 g/mol. The maximum absolute atomic E-state index is 11.5. The molecule has 2 aromatic carbocycles. The number of aliphatic hydroxyl groups is 1. The second-order valence-electron chi connectivity index (χ2n) is 6.07. The lowest BCUT2D eigenvalue weighted by Gasteiger charge is -2.29. The number of thioether (sulfide) groups is 1. The zero-order valence-electron chi connectivity index (χ0n) is 14.1. The Hall–Kier alpha value is -1.49. The molecule has 24 heavy (non-hydrogen) atoms. The maximum atomic E-state index is 11.5. The fraction of sp³-hybridized carbons (Fsp3) is 0.400. The fourth-order valence-electron chi connectivity index (χ4n) is 3.29. The molecule has 0 amide bonds. The second-order valence-corrected chi connectivity index (χ2v) is 7.38. The molecule has 1 aliphatic rings. The highest BCUT2D eigenvalue weighted by atomic mass is 32.2. The molecule has 1 saturated heterocycles. The summed E-state index contributed by atoms with van der Waals surface area (Å²) in [6.07, 6.45) is 0.299. The van der Waals surface area contributed by atoms with E-state index in [1.54, 1.807) is 7.11 Å². The minimum absolute atomic E-state index is 0.0484. The van der Waals surface area contributed by atoms with Gasteiger partial charge in [0, 0.05) is 12.2 Å². The Morgan fingerprint density at radius 3 is 2.50 bits per heavy atom. The van der Waals surface area contributed by atoms with Crippen molar-refractivity contribution in [2.45, 2.75) is 31.2 Å². The van der Waals surface area contributed by atoms with Crippen molar-refractivity contribution in [1.82, 2.24) is 0 Å². The number of rotatable bonds is 6. The normalized spacial score (nSPS) is 26.5. The van der Waals surface area contributed by atoms with Gasteiger partial charge in [0.05, 0.1) is 13.2 Å². The Morgan fingerprint density at radius 2 is 1.88 bits per heavy atom. The minimum Gasteiger partial charge on any atom is -0.497 e. The van der Waals surface area contributed by atoms with Crippen LogP contribution in [0.2, 0.25) is 0 Å². The van der Waals surface area contributed by atoms with E-state index in [1.807, 2.05) is 66.4 Å². The largest absolute Gasteiger partial charge is 0.497 e. The molecule has 0 unspecified atom stereocenters. The van der Waals surface area contributed by atoms with Gasteiger partial charge in [-0.2, -0.15) is 11.8 Å². The summed E-state index contributed by atoms with van der Waals surface area (Å²) < 4.78 is 11.5. The van der Waals surface area contributed by atoms with E-state index in [1.165, 1.54) is 0 Å². The number of hydrogen-bond acceptors (Lipinski definition) is 4. The third-order valence-electron chi connectivity index (χ3n) is 4.50. The Balaban J connectivity index is 1.93. The predicted molar refractivity (Wildman–Crippen MR) is 98.6 cm³/mol. The molecule has 0 spiro atoms. The van der Waals surface area contributed by atoms with Crippen molar-refractivity contribution >= 4 is 11.8 Å². The minimum atomic E-state index is -1.02. The van der Waals surface area contributed by atoms with Crippen molar-refractivity contribution in [2.75, 3.05) is 18.6 Å². The Labute approximate surface area is 148 Å².